The average molecular weight is 436 g/mol. The predicted molar refractivity (Wildman–Crippen MR) is 113 cm³/mol. The Labute approximate surface area is 177 Å². The van der Waals surface area contributed by atoms with Crippen LogP contribution in [-0.4, -0.2) is 47.4 Å². The van der Waals surface area contributed by atoms with E-state index in [4.69, 9.17) is 16.3 Å². The Morgan fingerprint density at radius 2 is 2.00 bits per heavy atom. The van der Waals surface area contributed by atoms with Crippen molar-refractivity contribution in [1.29, 1.82) is 0 Å². The monoisotopic (exact) mass is 435 g/mol. The van der Waals surface area contributed by atoms with Crippen LogP contribution in [0.5, 0.6) is 0 Å². The molecule has 0 spiro atoms. The third kappa shape index (κ3) is 5.56. The normalized spacial score (nSPS) is 17.8. The second-order valence-corrected chi connectivity index (χ2v) is 7.80. The first-order chi connectivity index (χ1) is 14.0. The SMILES string of the molecule is COCCN1C(=O)C(CC(=O)Nc2ccccc2F)SC1=Nc1ccc(Cl)cc1. The molecule has 1 fully saturated rings. The van der Waals surface area contributed by atoms with Gasteiger partial charge in [-0.25, -0.2) is 9.38 Å². The van der Waals surface area contributed by atoms with Crippen LogP contribution in [0.4, 0.5) is 15.8 Å². The van der Waals surface area contributed by atoms with Crippen LogP contribution in [0.15, 0.2) is 53.5 Å². The van der Waals surface area contributed by atoms with E-state index in [1.54, 1.807) is 37.4 Å². The number of hydrogen-bond donors (Lipinski definition) is 1. The third-order valence-corrected chi connectivity index (χ3v) is 5.54. The van der Waals surface area contributed by atoms with E-state index >= 15 is 0 Å². The molecular formula is C20H19ClFN3O3S. The summed E-state index contributed by atoms with van der Waals surface area (Å²) in [6, 6.07) is 12.8. The van der Waals surface area contributed by atoms with Gasteiger partial charge in [0.15, 0.2) is 5.17 Å². The smallest absolute Gasteiger partial charge is 0.242 e. The van der Waals surface area contributed by atoms with Gasteiger partial charge < -0.3 is 10.1 Å². The van der Waals surface area contributed by atoms with Gasteiger partial charge in [-0.15, -0.1) is 0 Å². The van der Waals surface area contributed by atoms with Crippen LogP contribution in [0.1, 0.15) is 6.42 Å². The molecule has 2 aromatic carbocycles. The fourth-order valence-corrected chi connectivity index (χ4v) is 3.98. The molecule has 29 heavy (non-hydrogen) atoms. The van der Waals surface area contributed by atoms with E-state index in [0.717, 1.165) is 0 Å². The molecule has 1 saturated heterocycles. The molecule has 0 bridgehead atoms. The molecule has 2 aromatic rings. The molecule has 0 radical (unpaired) electrons. The molecule has 9 heteroatoms. The van der Waals surface area contributed by atoms with Gasteiger partial charge in [-0.05, 0) is 36.4 Å². The fourth-order valence-electron chi connectivity index (χ4n) is 2.67. The molecule has 0 aliphatic carbocycles. The van der Waals surface area contributed by atoms with E-state index in [2.05, 4.69) is 10.3 Å². The van der Waals surface area contributed by atoms with Gasteiger partial charge in [-0.3, -0.25) is 14.5 Å². The minimum atomic E-state index is -0.648. The molecule has 0 saturated carbocycles. The lowest BCUT2D eigenvalue weighted by atomic mass is 10.2. The standard InChI is InChI=1S/C20H19ClFN3O3S/c1-28-11-10-25-19(27)17(12-18(26)24-16-5-3-2-4-15(16)22)29-20(25)23-14-8-6-13(21)7-9-14/h2-9,17H,10-12H2,1H3,(H,24,26). The minimum Gasteiger partial charge on any atom is -0.383 e. The topological polar surface area (TPSA) is 71.0 Å². The number of carbonyl (C=O) groups excluding carboxylic acids is 2. The van der Waals surface area contributed by atoms with Crippen LogP contribution < -0.4 is 5.32 Å². The fraction of sp³-hybridized carbons (Fsp3) is 0.250. The molecule has 1 heterocycles. The molecule has 1 aliphatic rings. The predicted octanol–water partition coefficient (Wildman–Crippen LogP) is 4.09. The Hall–Kier alpha value is -2.42. The first kappa shape index (κ1) is 21.3. The van der Waals surface area contributed by atoms with Crippen molar-refractivity contribution in [2.75, 3.05) is 25.6 Å². The van der Waals surface area contributed by atoms with Crippen molar-refractivity contribution in [3.8, 4) is 0 Å². The maximum Gasteiger partial charge on any atom is 0.242 e. The second kappa shape index (κ2) is 9.87. The Balaban J connectivity index is 1.74. The summed E-state index contributed by atoms with van der Waals surface area (Å²) in [4.78, 5) is 31.2. The van der Waals surface area contributed by atoms with Gasteiger partial charge in [-0.1, -0.05) is 35.5 Å². The zero-order valence-electron chi connectivity index (χ0n) is 15.6. The van der Waals surface area contributed by atoms with E-state index in [1.165, 1.54) is 34.9 Å². The van der Waals surface area contributed by atoms with Gasteiger partial charge in [0.2, 0.25) is 11.8 Å². The van der Waals surface area contributed by atoms with Crippen LogP contribution in [0.3, 0.4) is 0 Å². The quantitative estimate of drug-likeness (QED) is 0.711. The van der Waals surface area contributed by atoms with Crippen LogP contribution in [0.2, 0.25) is 5.02 Å². The highest BCUT2D eigenvalue weighted by atomic mass is 35.5. The summed E-state index contributed by atoms with van der Waals surface area (Å²) in [7, 11) is 1.54. The molecular weight excluding hydrogens is 417 g/mol. The Morgan fingerprint density at radius 3 is 2.69 bits per heavy atom. The van der Waals surface area contributed by atoms with E-state index in [9.17, 15) is 14.0 Å². The van der Waals surface area contributed by atoms with Gasteiger partial charge in [0.05, 0.1) is 24.5 Å². The number of aliphatic imine (C=N–C) groups is 1. The molecule has 1 N–H and O–H groups in total. The number of ether oxygens (including phenoxy) is 1. The van der Waals surface area contributed by atoms with Gasteiger partial charge in [0, 0.05) is 18.6 Å². The minimum absolute atomic E-state index is 0.0826. The van der Waals surface area contributed by atoms with Crippen molar-refractivity contribution >= 4 is 51.7 Å². The number of rotatable bonds is 7. The summed E-state index contributed by atoms with van der Waals surface area (Å²) >= 11 is 7.10. The molecule has 0 aromatic heterocycles. The maximum atomic E-state index is 13.7. The lowest BCUT2D eigenvalue weighted by Gasteiger charge is -2.15. The van der Waals surface area contributed by atoms with Crippen molar-refractivity contribution in [2.45, 2.75) is 11.7 Å². The summed E-state index contributed by atoms with van der Waals surface area (Å²) in [5.74, 6) is -1.21. The number of nitrogens with zero attached hydrogens (tertiary/aromatic N) is 2. The summed E-state index contributed by atoms with van der Waals surface area (Å²) in [6.07, 6.45) is -0.0963. The lowest BCUT2D eigenvalue weighted by molar-refractivity contribution is -0.128. The summed E-state index contributed by atoms with van der Waals surface area (Å²) in [6.45, 7) is 0.653. The second-order valence-electron chi connectivity index (χ2n) is 6.19. The maximum absolute atomic E-state index is 13.7. The lowest BCUT2D eigenvalue weighted by Crippen LogP contribution is -2.35. The molecule has 1 atom stereocenters. The largest absolute Gasteiger partial charge is 0.383 e. The van der Waals surface area contributed by atoms with Crippen molar-refractivity contribution < 1.29 is 18.7 Å². The van der Waals surface area contributed by atoms with Crippen molar-refractivity contribution in [3.05, 3.63) is 59.4 Å². The first-order valence-electron chi connectivity index (χ1n) is 8.83. The number of hydrogen-bond acceptors (Lipinski definition) is 5. The van der Waals surface area contributed by atoms with Crippen molar-refractivity contribution in [3.63, 3.8) is 0 Å². The summed E-state index contributed by atoms with van der Waals surface area (Å²) < 4.78 is 18.8. The summed E-state index contributed by atoms with van der Waals surface area (Å²) in [5, 5.41) is 2.93. The van der Waals surface area contributed by atoms with Crippen molar-refractivity contribution in [1.82, 2.24) is 4.90 Å². The molecule has 3 rings (SSSR count). The van der Waals surface area contributed by atoms with Crippen LogP contribution in [-0.2, 0) is 14.3 Å². The van der Waals surface area contributed by atoms with E-state index in [0.29, 0.717) is 29.0 Å². The van der Waals surface area contributed by atoms with Gasteiger partial charge in [-0.2, -0.15) is 0 Å². The molecule has 2 amide bonds. The van der Waals surface area contributed by atoms with E-state index in [-0.39, 0.29) is 18.0 Å². The van der Waals surface area contributed by atoms with Gasteiger partial charge in [0.1, 0.15) is 11.1 Å². The van der Waals surface area contributed by atoms with Crippen LogP contribution in [0, 0.1) is 5.82 Å². The zero-order valence-corrected chi connectivity index (χ0v) is 17.2. The molecule has 1 aliphatic heterocycles. The number of benzene rings is 2. The average Bonchev–Trinajstić information content (AvgIpc) is 2.98. The molecule has 6 nitrogen and oxygen atoms in total. The Kier molecular flexibility index (Phi) is 7.24. The summed E-state index contributed by atoms with van der Waals surface area (Å²) in [5.41, 5.74) is 0.725. The number of amidine groups is 1. The van der Waals surface area contributed by atoms with Crippen molar-refractivity contribution in [2.24, 2.45) is 4.99 Å². The number of halogens is 2. The number of carbonyl (C=O) groups is 2. The van der Waals surface area contributed by atoms with E-state index < -0.39 is 17.0 Å². The molecule has 1 unspecified atom stereocenters. The number of thioether (sulfide) groups is 1. The van der Waals surface area contributed by atoms with Crippen LogP contribution >= 0.6 is 23.4 Å². The van der Waals surface area contributed by atoms with E-state index in [1.807, 2.05) is 0 Å². The number of para-hydroxylation sites is 1. The highest BCUT2D eigenvalue weighted by Gasteiger charge is 2.39. The highest BCUT2D eigenvalue weighted by Crippen LogP contribution is 2.32. The van der Waals surface area contributed by atoms with Gasteiger partial charge >= 0.3 is 0 Å². The number of nitrogens with one attached hydrogen (secondary N) is 1. The zero-order chi connectivity index (χ0) is 20.8. The third-order valence-electron chi connectivity index (χ3n) is 4.11. The Bertz CT molecular complexity index is 923. The highest BCUT2D eigenvalue weighted by molar-refractivity contribution is 8.15. The molecule has 152 valence electrons. The van der Waals surface area contributed by atoms with Crippen LogP contribution in [0.25, 0.3) is 0 Å². The number of methoxy groups -OCH3 is 1. The van der Waals surface area contributed by atoms with Gasteiger partial charge in [0.25, 0.3) is 0 Å². The number of anilines is 1. The number of amides is 2. The Morgan fingerprint density at radius 1 is 1.28 bits per heavy atom. The first-order valence-corrected chi connectivity index (χ1v) is 10.1.